The molecular formula is C17H26ClN5O9P2. The fraction of sp³-hybridized carbons (Fsp3) is 0.706. The molecule has 1 aliphatic carbocycles. The van der Waals surface area contributed by atoms with Gasteiger partial charge < -0.3 is 39.5 Å². The molecule has 4 rings (SSSR count). The maximum absolute atomic E-state index is 11.9. The summed E-state index contributed by atoms with van der Waals surface area (Å²) in [4.78, 5) is 36.0. The Hall–Kier alpha value is -1.18. The Morgan fingerprint density at radius 2 is 1.88 bits per heavy atom. The van der Waals surface area contributed by atoms with E-state index in [1.54, 1.807) is 0 Å². The molecule has 0 amide bonds. The van der Waals surface area contributed by atoms with E-state index < -0.39 is 52.1 Å². The highest BCUT2D eigenvalue weighted by atomic mass is 35.5. The number of rotatable bonds is 8. The normalized spacial score (nSPS) is 28.3. The summed E-state index contributed by atoms with van der Waals surface area (Å²) in [5.41, 5.74) is 0.596. The molecule has 34 heavy (non-hydrogen) atoms. The Morgan fingerprint density at radius 1 is 1.18 bits per heavy atom. The predicted molar refractivity (Wildman–Crippen MR) is 119 cm³/mol. The van der Waals surface area contributed by atoms with E-state index in [2.05, 4.69) is 20.4 Å². The second-order valence-corrected chi connectivity index (χ2v) is 12.8. The number of anilines is 1. The Kier molecular flexibility index (Phi) is 7.66. The van der Waals surface area contributed by atoms with Crippen LogP contribution >= 0.6 is 26.8 Å². The highest BCUT2D eigenvalue weighted by Crippen LogP contribution is 2.55. The topological polar surface area (TPSA) is 209 Å². The van der Waals surface area contributed by atoms with E-state index in [0.717, 1.165) is 25.7 Å². The average molecular weight is 542 g/mol. The van der Waals surface area contributed by atoms with Crippen molar-refractivity contribution >= 4 is 38.3 Å². The number of hydrogen-bond donors (Lipinski definition) is 6. The molecule has 2 aromatic rings. The molecule has 0 spiro atoms. The molecule has 2 aliphatic rings. The van der Waals surface area contributed by atoms with Gasteiger partial charge >= 0.3 is 15.2 Å². The lowest BCUT2D eigenvalue weighted by Gasteiger charge is -2.23. The molecule has 1 aliphatic heterocycles. The van der Waals surface area contributed by atoms with Crippen LogP contribution in [0.3, 0.4) is 0 Å². The summed E-state index contributed by atoms with van der Waals surface area (Å²) in [6.45, 7) is -0.691. The molecule has 5 atom stereocenters. The van der Waals surface area contributed by atoms with Crippen molar-refractivity contribution in [3.63, 3.8) is 0 Å². The molecule has 1 unspecified atom stereocenters. The largest absolute Gasteiger partial charge is 0.387 e. The van der Waals surface area contributed by atoms with Gasteiger partial charge in [-0.05, 0) is 24.4 Å². The van der Waals surface area contributed by atoms with Gasteiger partial charge in [-0.3, -0.25) is 9.13 Å². The zero-order valence-corrected chi connectivity index (χ0v) is 20.4. The molecule has 3 heterocycles. The van der Waals surface area contributed by atoms with E-state index in [4.69, 9.17) is 30.6 Å². The lowest BCUT2D eigenvalue weighted by molar-refractivity contribution is -0.0204. The van der Waals surface area contributed by atoms with Crippen molar-refractivity contribution in [3.8, 4) is 0 Å². The second-order valence-electron chi connectivity index (χ2n) is 8.44. The molecule has 1 saturated heterocycles. The number of halogens is 1. The van der Waals surface area contributed by atoms with Gasteiger partial charge in [0.2, 0.25) is 5.28 Å². The van der Waals surface area contributed by atoms with Gasteiger partial charge in [0.15, 0.2) is 17.4 Å². The van der Waals surface area contributed by atoms with Crippen LogP contribution in [0.5, 0.6) is 0 Å². The Morgan fingerprint density at radius 3 is 2.56 bits per heavy atom. The van der Waals surface area contributed by atoms with Crippen molar-refractivity contribution in [2.24, 2.45) is 0 Å². The van der Waals surface area contributed by atoms with Gasteiger partial charge in [0.1, 0.15) is 24.4 Å². The van der Waals surface area contributed by atoms with Crippen molar-refractivity contribution < 1.29 is 43.3 Å². The van der Waals surface area contributed by atoms with Crippen molar-refractivity contribution in [2.45, 2.75) is 62.6 Å². The van der Waals surface area contributed by atoms with Gasteiger partial charge in [0.25, 0.3) is 0 Å². The first-order valence-electron chi connectivity index (χ1n) is 10.6. The van der Waals surface area contributed by atoms with E-state index in [0.29, 0.717) is 11.5 Å². The molecule has 0 radical (unpaired) electrons. The summed E-state index contributed by atoms with van der Waals surface area (Å²) < 4.78 is 34.6. The minimum atomic E-state index is -4.81. The minimum absolute atomic E-state index is 0.0726. The number of hydrogen-bond acceptors (Lipinski definition) is 10. The number of ether oxygens (including phenoxy) is 1. The van der Waals surface area contributed by atoms with Crippen molar-refractivity contribution in [2.75, 3.05) is 17.8 Å². The molecule has 2 fully saturated rings. The number of aliphatic hydroxyl groups is 2. The number of imidazole rings is 1. The van der Waals surface area contributed by atoms with E-state index in [-0.39, 0.29) is 17.0 Å². The second kappa shape index (κ2) is 10.1. The summed E-state index contributed by atoms with van der Waals surface area (Å²) in [5, 5.41) is 28.3. The van der Waals surface area contributed by atoms with E-state index in [9.17, 15) is 24.2 Å². The number of nitrogens with one attached hydrogen (secondary N) is 1. The SMILES string of the molecule is O=P(O)(O)CP(=O)(O)OC[C@H]1O[C@@H](c2cnc3c(NC4CCCCC4)nc(Cl)nn23)[C@H](O)[C@@H]1O. The van der Waals surface area contributed by atoms with Crippen molar-refractivity contribution in [1.29, 1.82) is 0 Å². The summed E-state index contributed by atoms with van der Waals surface area (Å²) in [5.74, 6) is -0.960. The number of aromatic nitrogens is 4. The number of fused-ring (bicyclic) bond motifs is 1. The van der Waals surface area contributed by atoms with Crippen LogP contribution in [0.4, 0.5) is 5.82 Å². The summed E-state index contributed by atoms with van der Waals surface area (Å²) in [6, 6.07) is 0.211. The highest BCUT2D eigenvalue weighted by molar-refractivity contribution is 7.70. The molecule has 0 bridgehead atoms. The zero-order valence-electron chi connectivity index (χ0n) is 17.8. The van der Waals surface area contributed by atoms with Crippen LogP contribution in [0.1, 0.15) is 43.9 Å². The molecule has 190 valence electrons. The van der Waals surface area contributed by atoms with E-state index in [1.807, 2.05) is 0 Å². The average Bonchev–Trinajstić information content (AvgIpc) is 3.27. The summed E-state index contributed by atoms with van der Waals surface area (Å²) >= 11 is 6.12. The van der Waals surface area contributed by atoms with Crippen LogP contribution in [0, 0.1) is 0 Å². The predicted octanol–water partition coefficient (Wildman–Crippen LogP) is 1.02. The minimum Gasteiger partial charge on any atom is -0.387 e. The molecular weight excluding hydrogens is 516 g/mol. The third-order valence-corrected chi connectivity index (χ3v) is 9.38. The molecule has 6 N–H and O–H groups in total. The highest BCUT2D eigenvalue weighted by Gasteiger charge is 2.46. The Balaban J connectivity index is 1.52. The quantitative estimate of drug-likeness (QED) is 0.258. The van der Waals surface area contributed by atoms with Gasteiger partial charge in [-0.15, -0.1) is 5.10 Å². The zero-order chi connectivity index (χ0) is 24.7. The van der Waals surface area contributed by atoms with Crippen LogP contribution in [-0.4, -0.2) is 81.3 Å². The van der Waals surface area contributed by atoms with Crippen LogP contribution in [0.15, 0.2) is 6.20 Å². The Labute approximate surface area is 199 Å². The third kappa shape index (κ3) is 5.96. The van der Waals surface area contributed by atoms with Crippen LogP contribution in [0.2, 0.25) is 5.28 Å². The molecule has 14 nitrogen and oxygen atoms in total. The summed E-state index contributed by atoms with van der Waals surface area (Å²) in [6.07, 6.45) is 1.33. The first-order chi connectivity index (χ1) is 15.9. The number of nitrogens with zero attached hydrogens (tertiary/aromatic N) is 4. The fourth-order valence-electron chi connectivity index (χ4n) is 4.20. The third-order valence-electron chi connectivity index (χ3n) is 5.77. The maximum Gasteiger partial charge on any atom is 0.340 e. The molecule has 0 aromatic carbocycles. The standard InChI is InChI=1S/C17H26ClN5O9P2/c18-17-21-15(20-9-4-2-1-3-5-9)16-19-6-10(23(16)22-17)14-13(25)12(24)11(32-14)7-31-34(29,30)8-33(26,27)28/h6,9,11-14,24-25H,1-5,7-8H2,(H,29,30)(H,20,21,22)(H2,26,27,28)/t11-,12-,13-,14+/m1/s1. The van der Waals surface area contributed by atoms with Crippen LogP contribution in [-0.2, 0) is 18.4 Å². The van der Waals surface area contributed by atoms with E-state index in [1.165, 1.54) is 17.1 Å². The fourth-order valence-corrected chi connectivity index (χ4v) is 6.93. The Bertz CT molecular complexity index is 1120. The number of aliphatic hydroxyl groups excluding tert-OH is 2. The lowest BCUT2D eigenvalue weighted by Crippen LogP contribution is -2.33. The molecule has 2 aromatic heterocycles. The van der Waals surface area contributed by atoms with Crippen molar-refractivity contribution in [1.82, 2.24) is 19.6 Å². The first-order valence-corrected chi connectivity index (χ1v) is 14.6. The first kappa shape index (κ1) is 25.9. The maximum atomic E-state index is 11.9. The van der Waals surface area contributed by atoms with Gasteiger partial charge in [0, 0.05) is 6.04 Å². The monoisotopic (exact) mass is 541 g/mol. The summed E-state index contributed by atoms with van der Waals surface area (Å²) in [7, 11) is -9.48. The molecule has 1 saturated carbocycles. The van der Waals surface area contributed by atoms with Crippen molar-refractivity contribution in [3.05, 3.63) is 17.2 Å². The van der Waals surface area contributed by atoms with E-state index >= 15 is 0 Å². The van der Waals surface area contributed by atoms with Gasteiger partial charge in [-0.2, -0.15) is 4.98 Å². The van der Waals surface area contributed by atoms with Gasteiger partial charge in [0.05, 0.1) is 18.5 Å². The van der Waals surface area contributed by atoms with Crippen LogP contribution < -0.4 is 5.32 Å². The van der Waals surface area contributed by atoms with Gasteiger partial charge in [-0.1, -0.05) is 19.3 Å². The molecule has 17 heteroatoms. The smallest absolute Gasteiger partial charge is 0.340 e. The lowest BCUT2D eigenvalue weighted by atomic mass is 9.95. The van der Waals surface area contributed by atoms with Gasteiger partial charge in [-0.25, -0.2) is 9.50 Å². The van der Waals surface area contributed by atoms with Crippen LogP contribution in [0.25, 0.3) is 5.65 Å².